The van der Waals surface area contributed by atoms with Crippen LogP contribution < -0.4 is 5.32 Å². The molecule has 0 saturated carbocycles. The summed E-state index contributed by atoms with van der Waals surface area (Å²) in [5.74, 6) is 0.319. The first kappa shape index (κ1) is 16.4. The molecule has 9 heteroatoms. The molecular formula is C12H8BrClF3N3S. The number of thioether (sulfide) groups is 1. The summed E-state index contributed by atoms with van der Waals surface area (Å²) in [5, 5.41) is 3.44. The van der Waals surface area contributed by atoms with Gasteiger partial charge >= 0.3 is 6.18 Å². The zero-order valence-corrected chi connectivity index (χ0v) is 13.7. The van der Waals surface area contributed by atoms with E-state index in [4.69, 9.17) is 11.6 Å². The standard InChI is InChI=1S/C12H8BrClF3N3S/c1-21-11-19-9(14)5-10(20-11)18-8-4-6(12(15,16)17)2-3-7(8)13/h2-5H,1H3,(H,18,19,20). The van der Waals surface area contributed by atoms with Crippen LogP contribution >= 0.6 is 39.3 Å². The van der Waals surface area contributed by atoms with Crippen LogP contribution in [0.1, 0.15) is 5.56 Å². The van der Waals surface area contributed by atoms with Crippen LogP contribution in [0.4, 0.5) is 24.7 Å². The molecule has 21 heavy (non-hydrogen) atoms. The Kier molecular flexibility index (Phi) is 5.00. The number of nitrogens with one attached hydrogen (secondary N) is 1. The van der Waals surface area contributed by atoms with E-state index in [-0.39, 0.29) is 10.8 Å². The first-order valence-corrected chi connectivity index (χ1v) is 7.91. The van der Waals surface area contributed by atoms with Crippen molar-refractivity contribution in [2.24, 2.45) is 0 Å². The quantitative estimate of drug-likeness (QED) is 0.428. The van der Waals surface area contributed by atoms with Gasteiger partial charge in [0.25, 0.3) is 0 Å². The number of alkyl halides is 3. The third-order valence-electron chi connectivity index (χ3n) is 2.41. The van der Waals surface area contributed by atoms with Crippen molar-refractivity contribution in [1.29, 1.82) is 0 Å². The van der Waals surface area contributed by atoms with E-state index in [1.54, 1.807) is 6.26 Å². The monoisotopic (exact) mass is 397 g/mol. The molecule has 1 aromatic heterocycles. The second-order valence-electron chi connectivity index (χ2n) is 3.88. The highest BCUT2D eigenvalue weighted by atomic mass is 79.9. The third-order valence-corrected chi connectivity index (χ3v) is 3.85. The highest BCUT2D eigenvalue weighted by Gasteiger charge is 2.30. The van der Waals surface area contributed by atoms with Crippen LogP contribution in [0.2, 0.25) is 5.15 Å². The van der Waals surface area contributed by atoms with Crippen LogP contribution in [0.3, 0.4) is 0 Å². The minimum absolute atomic E-state index is 0.208. The van der Waals surface area contributed by atoms with Gasteiger partial charge in [-0.1, -0.05) is 23.4 Å². The highest BCUT2D eigenvalue weighted by Crippen LogP contribution is 2.35. The Labute approximate surface area is 136 Å². The molecular weight excluding hydrogens is 391 g/mol. The first-order chi connectivity index (χ1) is 9.79. The normalized spacial score (nSPS) is 11.5. The van der Waals surface area contributed by atoms with Crippen LogP contribution in [-0.4, -0.2) is 16.2 Å². The summed E-state index contributed by atoms with van der Waals surface area (Å²) in [6.07, 6.45) is -2.64. The van der Waals surface area contributed by atoms with Crippen molar-refractivity contribution >= 4 is 50.8 Å². The predicted molar refractivity (Wildman–Crippen MR) is 81.2 cm³/mol. The van der Waals surface area contributed by atoms with Gasteiger partial charge in [0, 0.05) is 10.5 Å². The Hall–Kier alpha value is -0.990. The fourth-order valence-corrected chi connectivity index (χ4v) is 2.45. The SMILES string of the molecule is CSc1nc(Cl)cc(Nc2cc(C(F)(F)F)ccc2Br)n1. The fourth-order valence-electron chi connectivity index (χ4n) is 1.49. The number of halogens is 5. The van der Waals surface area contributed by atoms with Crippen molar-refractivity contribution in [3.63, 3.8) is 0 Å². The Morgan fingerprint density at radius 3 is 2.57 bits per heavy atom. The average molecular weight is 399 g/mol. The largest absolute Gasteiger partial charge is 0.416 e. The number of hydrogen-bond acceptors (Lipinski definition) is 4. The molecule has 1 N–H and O–H groups in total. The molecule has 0 spiro atoms. The molecule has 0 atom stereocenters. The van der Waals surface area contributed by atoms with Gasteiger partial charge < -0.3 is 5.32 Å². The molecule has 0 radical (unpaired) electrons. The summed E-state index contributed by atoms with van der Waals surface area (Å²) in [5.41, 5.74) is -0.509. The van der Waals surface area contributed by atoms with Gasteiger partial charge in [-0.05, 0) is 40.4 Å². The summed E-state index contributed by atoms with van der Waals surface area (Å²) >= 11 is 10.3. The van der Waals surface area contributed by atoms with Gasteiger partial charge in [0.05, 0.1) is 11.3 Å². The molecule has 2 aromatic rings. The summed E-state index contributed by atoms with van der Waals surface area (Å²) in [6.45, 7) is 0. The smallest absolute Gasteiger partial charge is 0.339 e. The number of benzene rings is 1. The molecule has 0 fully saturated rings. The van der Waals surface area contributed by atoms with Gasteiger partial charge in [-0.25, -0.2) is 9.97 Å². The van der Waals surface area contributed by atoms with Gasteiger partial charge in [-0.15, -0.1) is 0 Å². The van der Waals surface area contributed by atoms with E-state index in [2.05, 4.69) is 31.2 Å². The van der Waals surface area contributed by atoms with E-state index in [1.807, 2.05) is 0 Å². The van der Waals surface area contributed by atoms with Crippen LogP contribution in [0.5, 0.6) is 0 Å². The fraction of sp³-hybridized carbons (Fsp3) is 0.167. The summed E-state index contributed by atoms with van der Waals surface area (Å²) < 4.78 is 38.7. The minimum atomic E-state index is -4.41. The Morgan fingerprint density at radius 1 is 1.24 bits per heavy atom. The average Bonchev–Trinajstić information content (AvgIpc) is 2.39. The summed E-state index contributed by atoms with van der Waals surface area (Å²) in [6, 6.07) is 4.76. The van der Waals surface area contributed by atoms with Crippen molar-refractivity contribution in [2.75, 3.05) is 11.6 Å². The number of aromatic nitrogens is 2. The van der Waals surface area contributed by atoms with Crippen LogP contribution in [-0.2, 0) is 6.18 Å². The van der Waals surface area contributed by atoms with E-state index >= 15 is 0 Å². The molecule has 0 aliphatic heterocycles. The zero-order valence-electron chi connectivity index (χ0n) is 10.5. The number of hydrogen-bond donors (Lipinski definition) is 1. The van der Waals surface area contributed by atoms with Gasteiger partial charge in [0.15, 0.2) is 5.16 Å². The molecule has 2 rings (SSSR count). The lowest BCUT2D eigenvalue weighted by molar-refractivity contribution is -0.137. The van der Waals surface area contributed by atoms with E-state index in [9.17, 15) is 13.2 Å². The maximum atomic E-state index is 12.7. The topological polar surface area (TPSA) is 37.8 Å². The van der Waals surface area contributed by atoms with Gasteiger partial charge in [0.2, 0.25) is 0 Å². The Morgan fingerprint density at radius 2 is 1.95 bits per heavy atom. The Balaban J connectivity index is 2.37. The second kappa shape index (κ2) is 6.41. The lowest BCUT2D eigenvalue weighted by atomic mass is 10.2. The molecule has 3 nitrogen and oxygen atoms in total. The van der Waals surface area contributed by atoms with Gasteiger partial charge in [-0.2, -0.15) is 13.2 Å². The van der Waals surface area contributed by atoms with Crippen molar-refractivity contribution in [3.8, 4) is 0 Å². The maximum Gasteiger partial charge on any atom is 0.416 e. The first-order valence-electron chi connectivity index (χ1n) is 5.52. The van der Waals surface area contributed by atoms with E-state index in [0.717, 1.165) is 12.1 Å². The van der Waals surface area contributed by atoms with E-state index in [1.165, 1.54) is 23.9 Å². The molecule has 1 heterocycles. The second-order valence-corrected chi connectivity index (χ2v) is 5.89. The van der Waals surface area contributed by atoms with Gasteiger partial charge in [0.1, 0.15) is 11.0 Å². The van der Waals surface area contributed by atoms with Crippen LogP contribution in [0, 0.1) is 0 Å². The number of nitrogens with zero attached hydrogens (tertiary/aromatic N) is 2. The minimum Gasteiger partial charge on any atom is -0.339 e. The van der Waals surface area contributed by atoms with Crippen molar-refractivity contribution < 1.29 is 13.2 Å². The molecule has 0 amide bonds. The molecule has 0 unspecified atom stereocenters. The molecule has 112 valence electrons. The maximum absolute atomic E-state index is 12.7. The molecule has 0 aliphatic rings. The van der Waals surface area contributed by atoms with Gasteiger partial charge in [-0.3, -0.25) is 0 Å². The van der Waals surface area contributed by atoms with Crippen LogP contribution in [0.15, 0.2) is 33.9 Å². The zero-order chi connectivity index (χ0) is 15.6. The third kappa shape index (κ3) is 4.24. The molecule has 1 aromatic carbocycles. The lowest BCUT2D eigenvalue weighted by Crippen LogP contribution is -2.06. The van der Waals surface area contributed by atoms with Crippen molar-refractivity contribution in [2.45, 2.75) is 11.3 Å². The van der Waals surface area contributed by atoms with E-state index < -0.39 is 11.7 Å². The molecule has 0 aliphatic carbocycles. The predicted octanol–water partition coefficient (Wildman–Crippen LogP) is 5.38. The number of rotatable bonds is 3. The molecule has 0 bridgehead atoms. The van der Waals surface area contributed by atoms with E-state index in [0.29, 0.717) is 15.4 Å². The number of anilines is 2. The summed E-state index contributed by atoms with van der Waals surface area (Å²) in [7, 11) is 0. The Bertz CT molecular complexity index is 667. The summed E-state index contributed by atoms with van der Waals surface area (Å²) in [4.78, 5) is 8.09. The molecule has 0 saturated heterocycles. The van der Waals surface area contributed by atoms with Crippen molar-refractivity contribution in [1.82, 2.24) is 9.97 Å². The van der Waals surface area contributed by atoms with Crippen molar-refractivity contribution in [3.05, 3.63) is 39.5 Å². The highest BCUT2D eigenvalue weighted by molar-refractivity contribution is 9.10. The lowest BCUT2D eigenvalue weighted by Gasteiger charge is -2.12. The van der Waals surface area contributed by atoms with Crippen LogP contribution in [0.25, 0.3) is 0 Å².